The third-order valence-corrected chi connectivity index (χ3v) is 9.07. The van der Waals surface area contributed by atoms with Crippen LogP contribution >= 0.6 is 0 Å². The molecular weight excluding hydrogens is 535 g/mol. The lowest BCUT2D eigenvalue weighted by Gasteiger charge is -2.30. The van der Waals surface area contributed by atoms with Crippen LogP contribution in [-0.4, -0.2) is 81.7 Å². The molecule has 42 heavy (non-hydrogen) atoms. The van der Waals surface area contributed by atoms with Crippen LogP contribution < -0.4 is 10.5 Å². The molecule has 2 aromatic carbocycles. The van der Waals surface area contributed by atoms with Gasteiger partial charge in [-0.15, -0.1) is 0 Å². The molecule has 4 aromatic rings. The maximum absolute atomic E-state index is 13.3. The zero-order valence-corrected chi connectivity index (χ0v) is 24.2. The van der Waals surface area contributed by atoms with Gasteiger partial charge in [0.2, 0.25) is 5.91 Å². The molecule has 1 saturated carbocycles. The van der Waals surface area contributed by atoms with Crippen molar-refractivity contribution < 1.29 is 18.7 Å². The van der Waals surface area contributed by atoms with Crippen molar-refractivity contribution >= 4 is 33.8 Å². The van der Waals surface area contributed by atoms with Crippen molar-refractivity contribution in [1.82, 2.24) is 23.9 Å². The van der Waals surface area contributed by atoms with E-state index in [1.54, 1.807) is 9.80 Å². The van der Waals surface area contributed by atoms with Crippen LogP contribution in [0.4, 0.5) is 4.39 Å². The van der Waals surface area contributed by atoms with Gasteiger partial charge >= 0.3 is 0 Å². The Hall–Kier alpha value is -3.92. The lowest BCUT2D eigenvalue weighted by Crippen LogP contribution is -2.45. The normalized spacial score (nSPS) is 19.8. The lowest BCUT2D eigenvalue weighted by molar-refractivity contribution is -0.126. The molecule has 2 amide bonds. The Balaban J connectivity index is 1.27. The van der Waals surface area contributed by atoms with E-state index in [-0.39, 0.29) is 24.3 Å². The Kier molecular flexibility index (Phi) is 6.68. The van der Waals surface area contributed by atoms with Crippen molar-refractivity contribution in [2.75, 3.05) is 40.0 Å². The number of amides is 2. The summed E-state index contributed by atoms with van der Waals surface area (Å²) in [5.74, 6) is 2.52. The van der Waals surface area contributed by atoms with Crippen molar-refractivity contribution in [2.45, 2.75) is 38.3 Å². The first-order chi connectivity index (χ1) is 20.3. The number of likely N-dealkylation sites (tertiary alicyclic amines) is 1. The molecule has 2 aliphatic heterocycles. The second-order valence-electron chi connectivity index (χ2n) is 12.3. The fraction of sp³-hybridized carbons (Fsp3) is 0.469. The average Bonchev–Trinajstić information content (AvgIpc) is 3.54. The zero-order chi connectivity index (χ0) is 29.1. The van der Waals surface area contributed by atoms with Gasteiger partial charge in [0.25, 0.3) is 5.91 Å². The minimum Gasteiger partial charge on any atom is -0.491 e. The van der Waals surface area contributed by atoms with Gasteiger partial charge in [-0.2, -0.15) is 0 Å². The van der Waals surface area contributed by atoms with E-state index in [4.69, 9.17) is 15.5 Å². The zero-order valence-electron chi connectivity index (χ0n) is 24.2. The Labute approximate surface area is 244 Å². The van der Waals surface area contributed by atoms with Gasteiger partial charge in [-0.05, 0) is 55.0 Å². The lowest BCUT2D eigenvalue weighted by atomic mass is 9.97. The van der Waals surface area contributed by atoms with Crippen LogP contribution in [0.3, 0.4) is 0 Å². The van der Waals surface area contributed by atoms with E-state index < -0.39 is 12.7 Å². The van der Waals surface area contributed by atoms with Gasteiger partial charge < -0.3 is 29.4 Å². The molecule has 1 aliphatic carbocycles. The minimum atomic E-state index is -0.676. The molecule has 2 atom stereocenters. The highest BCUT2D eigenvalue weighted by Gasteiger charge is 2.30. The molecule has 2 N–H and O–H groups in total. The molecular formula is C32H37FN6O3. The first kappa shape index (κ1) is 26.9. The van der Waals surface area contributed by atoms with Gasteiger partial charge in [0.05, 0.1) is 34.9 Å². The summed E-state index contributed by atoms with van der Waals surface area (Å²) < 4.78 is 23.9. The molecule has 0 radical (unpaired) electrons. The van der Waals surface area contributed by atoms with Gasteiger partial charge in [0.1, 0.15) is 12.4 Å². The van der Waals surface area contributed by atoms with E-state index in [9.17, 15) is 14.0 Å². The number of imidazole rings is 1. The Morgan fingerprint density at radius 1 is 1.14 bits per heavy atom. The van der Waals surface area contributed by atoms with Crippen molar-refractivity contribution in [3.05, 3.63) is 47.5 Å². The number of hydrogen-bond acceptors (Lipinski definition) is 5. The van der Waals surface area contributed by atoms with Crippen LogP contribution in [0.2, 0.25) is 0 Å². The second kappa shape index (κ2) is 10.4. The Morgan fingerprint density at radius 3 is 2.71 bits per heavy atom. The smallest absolute Gasteiger partial charge is 0.254 e. The number of halogens is 1. The van der Waals surface area contributed by atoms with Crippen LogP contribution in [0, 0.1) is 11.8 Å². The number of benzene rings is 2. The minimum absolute atomic E-state index is 0.117. The van der Waals surface area contributed by atoms with Crippen LogP contribution in [0.15, 0.2) is 36.4 Å². The number of carbonyl (C=O) groups is 2. The summed E-state index contributed by atoms with van der Waals surface area (Å²) in [5, 5.41) is 1.09. The molecule has 2 aromatic heterocycles. The summed E-state index contributed by atoms with van der Waals surface area (Å²) in [4.78, 5) is 33.8. The van der Waals surface area contributed by atoms with Crippen molar-refractivity contribution in [1.29, 1.82) is 0 Å². The molecule has 0 spiro atoms. The SMILES string of the molecule is CN1CC(COc2cccc3cc(-c4nc5cc6c(cc5n4C)CCN(CC(N)CF)C6=O)n(CC4CC4)c23)CC1=O. The summed E-state index contributed by atoms with van der Waals surface area (Å²) in [6, 6.07) is 11.6. The molecule has 2 fully saturated rings. The number of hydrogen-bond donors (Lipinski definition) is 1. The number of nitrogens with two attached hydrogens (primary N) is 1. The number of carbonyl (C=O) groups excluding carboxylic acids is 2. The maximum Gasteiger partial charge on any atom is 0.254 e. The Morgan fingerprint density at radius 2 is 1.98 bits per heavy atom. The third kappa shape index (κ3) is 4.71. The molecule has 0 bridgehead atoms. The molecule has 9 nitrogen and oxygen atoms in total. The van der Waals surface area contributed by atoms with Crippen LogP contribution in [-0.2, 0) is 24.8 Å². The first-order valence-corrected chi connectivity index (χ1v) is 14.9. The highest BCUT2D eigenvalue weighted by molar-refractivity contribution is 6.01. The van der Waals surface area contributed by atoms with Crippen molar-refractivity contribution in [3.63, 3.8) is 0 Å². The van der Waals surface area contributed by atoms with Crippen molar-refractivity contribution in [3.8, 4) is 17.3 Å². The predicted molar refractivity (Wildman–Crippen MR) is 159 cm³/mol. The topological polar surface area (TPSA) is 98.6 Å². The maximum atomic E-state index is 13.3. The number of nitrogens with zero attached hydrogens (tertiary/aromatic N) is 5. The van der Waals surface area contributed by atoms with Gasteiger partial charge in [0, 0.05) is 63.6 Å². The first-order valence-electron chi connectivity index (χ1n) is 14.9. The molecule has 10 heteroatoms. The van der Waals surface area contributed by atoms with Crippen LogP contribution in [0.1, 0.15) is 35.2 Å². The molecule has 220 valence electrons. The van der Waals surface area contributed by atoms with E-state index >= 15 is 0 Å². The van der Waals surface area contributed by atoms with Gasteiger partial charge in [-0.25, -0.2) is 9.37 Å². The summed E-state index contributed by atoms with van der Waals surface area (Å²) in [5.41, 5.74) is 11.2. The van der Waals surface area contributed by atoms with E-state index in [1.807, 2.05) is 32.3 Å². The fourth-order valence-electron chi connectivity index (χ4n) is 6.57. The standard InChI is InChI=1S/C32H37FN6O3/c1-36-15-20(10-29(36)40)18-42-28-5-3-4-22-12-27(39(30(22)28)16-19-6-7-19)31-35-25-13-24-21(11-26(25)37(31)2)8-9-38(32(24)41)17-23(34)14-33/h3-5,11-13,19-20,23H,6-10,14-18,34H2,1-2H3. The molecule has 1 saturated heterocycles. The largest absolute Gasteiger partial charge is 0.491 e. The molecule has 3 aliphatic rings. The number of alkyl halides is 1. The van der Waals surface area contributed by atoms with E-state index in [2.05, 4.69) is 27.3 Å². The predicted octanol–water partition coefficient (Wildman–Crippen LogP) is 3.76. The number of para-hydroxylation sites is 1. The number of fused-ring (bicyclic) bond motifs is 3. The summed E-state index contributed by atoms with van der Waals surface area (Å²) in [6.45, 7) is 2.18. The number of rotatable bonds is 9. The number of aryl methyl sites for hydroxylation is 1. The summed E-state index contributed by atoms with van der Waals surface area (Å²) in [7, 11) is 3.87. The average molecular weight is 573 g/mol. The second-order valence-corrected chi connectivity index (χ2v) is 12.3. The van der Waals surface area contributed by atoms with E-state index in [0.717, 1.165) is 57.9 Å². The van der Waals surface area contributed by atoms with Crippen LogP contribution in [0.25, 0.3) is 33.5 Å². The third-order valence-electron chi connectivity index (χ3n) is 9.07. The highest BCUT2D eigenvalue weighted by Crippen LogP contribution is 2.39. The molecule has 7 rings (SSSR count). The number of aromatic nitrogens is 3. The van der Waals surface area contributed by atoms with Gasteiger partial charge in [-0.1, -0.05) is 12.1 Å². The quantitative estimate of drug-likeness (QED) is 0.329. The Bertz CT molecular complexity index is 1710. The van der Waals surface area contributed by atoms with Gasteiger partial charge in [-0.3, -0.25) is 9.59 Å². The molecule has 2 unspecified atom stereocenters. The van der Waals surface area contributed by atoms with Gasteiger partial charge in [0.15, 0.2) is 5.82 Å². The van der Waals surface area contributed by atoms with E-state index in [1.165, 1.54) is 12.8 Å². The summed E-state index contributed by atoms with van der Waals surface area (Å²) in [6.07, 6.45) is 3.63. The molecule has 4 heterocycles. The highest BCUT2D eigenvalue weighted by atomic mass is 19.1. The summed E-state index contributed by atoms with van der Waals surface area (Å²) >= 11 is 0. The van der Waals surface area contributed by atoms with Crippen molar-refractivity contribution in [2.24, 2.45) is 24.6 Å². The number of ether oxygens (including phenoxy) is 1. The van der Waals surface area contributed by atoms with Crippen LogP contribution in [0.5, 0.6) is 5.75 Å². The fourth-order valence-corrected chi connectivity index (χ4v) is 6.57. The van der Waals surface area contributed by atoms with E-state index in [0.29, 0.717) is 37.5 Å². The monoisotopic (exact) mass is 572 g/mol.